The normalized spacial score (nSPS) is 15.5. The van der Waals surface area contributed by atoms with Gasteiger partial charge < -0.3 is 35.6 Å². The predicted molar refractivity (Wildman–Crippen MR) is 183 cm³/mol. The maximum atomic E-state index is 13.6. The number of phenols is 1. The van der Waals surface area contributed by atoms with Gasteiger partial charge in [-0.15, -0.1) is 0 Å². The van der Waals surface area contributed by atoms with E-state index in [1.54, 1.807) is 17.0 Å². The highest BCUT2D eigenvalue weighted by Gasteiger charge is 2.38. The van der Waals surface area contributed by atoms with Crippen LogP contribution >= 0.6 is 0 Å². The molecule has 0 bridgehead atoms. The van der Waals surface area contributed by atoms with Crippen LogP contribution in [-0.2, 0) is 22.4 Å². The molecule has 0 fully saturated rings. The lowest BCUT2D eigenvalue weighted by Crippen LogP contribution is -2.46. The van der Waals surface area contributed by atoms with E-state index in [9.17, 15) is 27.9 Å². The third-order valence-electron chi connectivity index (χ3n) is 8.68. The molecular formula is C38H38F3N3O7. The summed E-state index contributed by atoms with van der Waals surface area (Å²) in [7, 11) is 0. The number of benzene rings is 4. The largest absolute Gasteiger partial charge is 0.508 e. The number of nitrogens with two attached hydrogens (primary N) is 1. The number of carbonyl (C=O) groups is 3. The Balaban J connectivity index is 0.000000654. The van der Waals surface area contributed by atoms with Gasteiger partial charge in [-0.25, -0.2) is 4.79 Å². The second-order valence-corrected chi connectivity index (χ2v) is 12.4. The van der Waals surface area contributed by atoms with Crippen molar-refractivity contribution in [1.82, 2.24) is 5.32 Å². The number of carboxylic acid groups (broad SMARTS) is 1. The zero-order valence-electron chi connectivity index (χ0n) is 28.0. The van der Waals surface area contributed by atoms with Crippen LogP contribution in [0.4, 0.5) is 18.9 Å². The topological polar surface area (TPSA) is 151 Å². The van der Waals surface area contributed by atoms with Gasteiger partial charge in [-0.1, -0.05) is 36.4 Å². The molecule has 0 aromatic heterocycles. The van der Waals surface area contributed by atoms with Gasteiger partial charge in [-0.3, -0.25) is 9.59 Å². The number of nitrogens with zero attached hydrogens (tertiary/aromatic N) is 1. The van der Waals surface area contributed by atoms with Crippen molar-refractivity contribution in [3.8, 4) is 17.2 Å². The molecule has 6 rings (SSSR count). The molecule has 4 aromatic carbocycles. The second kappa shape index (κ2) is 15.5. The van der Waals surface area contributed by atoms with E-state index in [-0.39, 0.29) is 23.6 Å². The highest BCUT2D eigenvalue weighted by atomic mass is 19.4. The summed E-state index contributed by atoms with van der Waals surface area (Å²) in [6, 6.07) is 23.6. The summed E-state index contributed by atoms with van der Waals surface area (Å²) < 4.78 is 43.2. The van der Waals surface area contributed by atoms with Crippen molar-refractivity contribution >= 4 is 23.5 Å². The molecule has 10 nitrogen and oxygen atoms in total. The van der Waals surface area contributed by atoms with Crippen LogP contribution in [0.25, 0.3) is 0 Å². The molecule has 0 saturated heterocycles. The molecule has 4 aromatic rings. The Morgan fingerprint density at radius 1 is 0.922 bits per heavy atom. The number of nitrogens with one attached hydrogen (secondary N) is 1. The molecule has 0 radical (unpaired) electrons. The smallest absolute Gasteiger partial charge is 0.490 e. The molecule has 268 valence electrons. The SMILES string of the molecule is Cc1cc(O)cc(C)c1C[C@H](N)C(=O)N[C@@H]1CCN(C(=O)c2ccccc2)c2ccc(Cc3ccc4c(c3)OCCO4)cc21.O=C(O)C(F)(F)F. The number of rotatable bonds is 7. The molecular weight excluding hydrogens is 667 g/mol. The number of ether oxygens (including phenoxy) is 2. The summed E-state index contributed by atoms with van der Waals surface area (Å²) in [4.78, 5) is 37.7. The van der Waals surface area contributed by atoms with Crippen LogP contribution in [0.1, 0.15) is 56.2 Å². The van der Waals surface area contributed by atoms with Crippen molar-refractivity contribution in [3.05, 3.63) is 118 Å². The highest BCUT2D eigenvalue weighted by Crippen LogP contribution is 2.37. The van der Waals surface area contributed by atoms with Crippen molar-refractivity contribution in [2.75, 3.05) is 24.7 Å². The first kappa shape index (κ1) is 36.7. The fourth-order valence-electron chi connectivity index (χ4n) is 6.19. The lowest BCUT2D eigenvalue weighted by Gasteiger charge is -2.35. The number of carboxylic acids is 1. The molecule has 2 aliphatic rings. The molecule has 51 heavy (non-hydrogen) atoms. The quantitative estimate of drug-likeness (QED) is 0.189. The van der Waals surface area contributed by atoms with Crippen LogP contribution in [0.15, 0.2) is 78.9 Å². The van der Waals surface area contributed by atoms with Gasteiger partial charge in [0.25, 0.3) is 5.91 Å². The predicted octanol–water partition coefficient (Wildman–Crippen LogP) is 5.78. The van der Waals surface area contributed by atoms with E-state index in [0.717, 1.165) is 50.6 Å². The number of aryl methyl sites for hydroxylation is 2. The summed E-state index contributed by atoms with van der Waals surface area (Å²) in [5, 5.41) is 20.2. The molecule has 13 heteroatoms. The van der Waals surface area contributed by atoms with E-state index >= 15 is 0 Å². The standard InChI is InChI=1S/C36H37N3O5.C2HF3O2/c1-22-16-27(40)17-23(2)28(22)21-30(37)35(41)38-31-12-13-39(36(42)26-6-4-3-5-7-26)32-10-8-24(19-29(31)32)18-25-9-11-33-34(20-25)44-15-14-43-33;3-2(4,5)1(6)7/h3-11,16-17,19-20,30-31,40H,12-15,18,21,37H2,1-2H3,(H,38,41);(H,6,7)/t30-,31+;/m0./s1. The van der Waals surface area contributed by atoms with Gasteiger partial charge in [0.1, 0.15) is 19.0 Å². The number of halogens is 3. The molecule has 2 atom stereocenters. The minimum atomic E-state index is -5.08. The Morgan fingerprint density at radius 3 is 2.18 bits per heavy atom. The average molecular weight is 706 g/mol. The van der Waals surface area contributed by atoms with Crippen molar-refractivity contribution in [2.24, 2.45) is 5.73 Å². The monoisotopic (exact) mass is 705 g/mol. The minimum Gasteiger partial charge on any atom is -0.508 e. The van der Waals surface area contributed by atoms with Gasteiger partial charge in [-0.05, 0) is 109 Å². The van der Waals surface area contributed by atoms with Crippen LogP contribution in [0.2, 0.25) is 0 Å². The average Bonchev–Trinajstić information content (AvgIpc) is 3.09. The summed E-state index contributed by atoms with van der Waals surface area (Å²) in [5.41, 5.74) is 13.6. The Hall–Kier alpha value is -5.56. The molecule has 2 aliphatic heterocycles. The molecule has 5 N–H and O–H groups in total. The highest BCUT2D eigenvalue weighted by molar-refractivity contribution is 6.07. The zero-order chi connectivity index (χ0) is 36.9. The third kappa shape index (κ3) is 8.97. The number of carbonyl (C=O) groups excluding carboxylic acids is 2. The lowest BCUT2D eigenvalue weighted by atomic mass is 9.91. The molecule has 2 amide bonds. The van der Waals surface area contributed by atoms with Gasteiger partial charge in [0.2, 0.25) is 5.91 Å². The molecule has 0 spiro atoms. The maximum absolute atomic E-state index is 13.6. The van der Waals surface area contributed by atoms with Crippen molar-refractivity contribution in [2.45, 2.75) is 51.4 Å². The first-order valence-electron chi connectivity index (χ1n) is 16.2. The van der Waals surface area contributed by atoms with Gasteiger partial charge in [0.15, 0.2) is 11.5 Å². The van der Waals surface area contributed by atoms with Crippen molar-refractivity contribution < 1.29 is 47.2 Å². The summed E-state index contributed by atoms with van der Waals surface area (Å²) in [5.74, 6) is -1.41. The first-order valence-corrected chi connectivity index (χ1v) is 16.2. The zero-order valence-corrected chi connectivity index (χ0v) is 28.0. The van der Waals surface area contributed by atoms with E-state index in [4.69, 9.17) is 25.1 Å². The van der Waals surface area contributed by atoms with Crippen LogP contribution in [0.5, 0.6) is 17.2 Å². The first-order chi connectivity index (χ1) is 24.2. The third-order valence-corrected chi connectivity index (χ3v) is 8.68. The molecule has 0 saturated carbocycles. The number of aromatic hydroxyl groups is 1. The maximum Gasteiger partial charge on any atom is 0.490 e. The summed E-state index contributed by atoms with van der Waals surface area (Å²) in [6.45, 7) is 5.34. The number of aliphatic carboxylic acids is 1. The number of phenolic OH excluding ortho intramolecular Hbond substituents is 1. The fraction of sp³-hybridized carbons (Fsp3) is 0.289. The van der Waals surface area contributed by atoms with Gasteiger partial charge in [0.05, 0.1) is 12.1 Å². The number of hydrogen-bond donors (Lipinski definition) is 4. The van der Waals surface area contributed by atoms with Crippen LogP contribution in [0, 0.1) is 13.8 Å². The number of alkyl halides is 3. The minimum absolute atomic E-state index is 0.0776. The summed E-state index contributed by atoms with van der Waals surface area (Å²) in [6.07, 6.45) is -3.53. The van der Waals surface area contributed by atoms with Crippen LogP contribution in [-0.4, -0.2) is 60.0 Å². The Labute approximate surface area is 292 Å². The van der Waals surface area contributed by atoms with Gasteiger partial charge in [0, 0.05) is 17.8 Å². The summed E-state index contributed by atoms with van der Waals surface area (Å²) >= 11 is 0. The number of hydrogen-bond acceptors (Lipinski definition) is 7. The van der Waals surface area contributed by atoms with E-state index < -0.39 is 18.2 Å². The van der Waals surface area contributed by atoms with E-state index in [1.807, 2.05) is 74.5 Å². The molecule has 0 aliphatic carbocycles. The lowest BCUT2D eigenvalue weighted by molar-refractivity contribution is -0.192. The van der Waals surface area contributed by atoms with Crippen molar-refractivity contribution in [1.29, 1.82) is 0 Å². The Bertz CT molecular complexity index is 1890. The van der Waals surface area contributed by atoms with E-state index in [2.05, 4.69) is 11.4 Å². The van der Waals surface area contributed by atoms with E-state index in [1.165, 1.54) is 0 Å². The molecule has 2 heterocycles. The van der Waals surface area contributed by atoms with Crippen molar-refractivity contribution in [3.63, 3.8) is 0 Å². The molecule has 0 unspecified atom stereocenters. The Kier molecular flexibility index (Phi) is 11.2. The second-order valence-electron chi connectivity index (χ2n) is 12.4. The Morgan fingerprint density at radius 2 is 1.53 bits per heavy atom. The number of anilines is 1. The number of fused-ring (bicyclic) bond motifs is 2. The van der Waals surface area contributed by atoms with Crippen LogP contribution < -0.4 is 25.4 Å². The fourth-order valence-corrected chi connectivity index (χ4v) is 6.19. The van der Waals surface area contributed by atoms with Gasteiger partial charge >= 0.3 is 12.1 Å². The van der Waals surface area contributed by atoms with Gasteiger partial charge in [-0.2, -0.15) is 13.2 Å². The van der Waals surface area contributed by atoms with E-state index in [0.29, 0.717) is 44.6 Å². The van der Waals surface area contributed by atoms with Crippen LogP contribution in [0.3, 0.4) is 0 Å². The number of amides is 2.